The molecule has 2 N–H and O–H groups in total. The van der Waals surface area contributed by atoms with Crippen LogP contribution in [-0.2, 0) is 4.74 Å². The van der Waals surface area contributed by atoms with Crippen molar-refractivity contribution in [1.82, 2.24) is 15.5 Å². The number of likely N-dealkylation sites (N-methyl/N-ethyl adjacent to an activating group) is 1. The van der Waals surface area contributed by atoms with Gasteiger partial charge in [-0.1, -0.05) is 48.0 Å². The number of hydrogen-bond acceptors (Lipinski definition) is 4. The van der Waals surface area contributed by atoms with Gasteiger partial charge in [-0.3, -0.25) is 4.99 Å². The van der Waals surface area contributed by atoms with Crippen molar-refractivity contribution in [3.8, 4) is 5.75 Å². The van der Waals surface area contributed by atoms with Gasteiger partial charge >= 0.3 is 0 Å². The first-order valence-corrected chi connectivity index (χ1v) is 11.5. The fourth-order valence-electron chi connectivity index (χ4n) is 4.33. The predicted octanol–water partition coefficient (Wildman–Crippen LogP) is 4.56. The third-order valence-electron chi connectivity index (χ3n) is 6.19. The number of para-hydroxylation sites is 1. The van der Waals surface area contributed by atoms with Gasteiger partial charge in [-0.05, 0) is 45.5 Å². The van der Waals surface area contributed by atoms with Crippen molar-refractivity contribution >= 4 is 29.9 Å². The van der Waals surface area contributed by atoms with Crippen molar-refractivity contribution < 1.29 is 9.47 Å². The Bertz CT molecular complexity index is 873. The summed E-state index contributed by atoms with van der Waals surface area (Å²) in [5.74, 6) is 2.11. The fraction of sp³-hybridized carbons (Fsp3) is 0.500. The second-order valence-electron chi connectivity index (χ2n) is 8.66. The lowest BCUT2D eigenvalue weighted by Gasteiger charge is -2.33. The second-order valence-corrected chi connectivity index (χ2v) is 8.66. The molecule has 3 atom stereocenters. The highest BCUT2D eigenvalue weighted by molar-refractivity contribution is 14.0. The first kappa shape index (κ1) is 27.4. The van der Waals surface area contributed by atoms with Crippen molar-refractivity contribution in [2.45, 2.75) is 31.9 Å². The Labute approximate surface area is 216 Å². The molecule has 0 aromatic heterocycles. The van der Waals surface area contributed by atoms with Crippen LogP contribution in [0, 0.1) is 12.8 Å². The van der Waals surface area contributed by atoms with Crippen molar-refractivity contribution in [3.63, 3.8) is 0 Å². The van der Waals surface area contributed by atoms with E-state index in [1.54, 1.807) is 7.11 Å². The Hall–Kier alpha value is -1.84. The molecule has 0 spiro atoms. The van der Waals surface area contributed by atoms with Crippen LogP contribution in [0.2, 0.25) is 0 Å². The maximum absolute atomic E-state index is 6.17. The van der Waals surface area contributed by atoms with Gasteiger partial charge in [-0.25, -0.2) is 0 Å². The minimum atomic E-state index is 0. The van der Waals surface area contributed by atoms with Crippen LogP contribution in [0.4, 0.5) is 0 Å². The third kappa shape index (κ3) is 7.58. The van der Waals surface area contributed by atoms with Gasteiger partial charge < -0.3 is 25.0 Å². The zero-order valence-corrected chi connectivity index (χ0v) is 22.8. The lowest BCUT2D eigenvalue weighted by atomic mass is 9.89. The molecule has 1 saturated heterocycles. The molecule has 0 bridgehead atoms. The van der Waals surface area contributed by atoms with Crippen LogP contribution in [0.15, 0.2) is 53.5 Å². The molecule has 33 heavy (non-hydrogen) atoms. The molecule has 0 aliphatic carbocycles. The van der Waals surface area contributed by atoms with Gasteiger partial charge in [0.25, 0.3) is 0 Å². The molecule has 0 amide bonds. The highest BCUT2D eigenvalue weighted by Gasteiger charge is 2.27. The predicted molar refractivity (Wildman–Crippen MR) is 147 cm³/mol. The Kier molecular flexibility index (Phi) is 11.4. The molecular weight excluding hydrogens is 527 g/mol. The lowest BCUT2D eigenvalue weighted by Crippen LogP contribution is -2.44. The van der Waals surface area contributed by atoms with E-state index in [2.05, 4.69) is 77.9 Å². The molecule has 1 aliphatic rings. The van der Waals surface area contributed by atoms with E-state index in [0.717, 1.165) is 49.8 Å². The minimum Gasteiger partial charge on any atom is -0.496 e. The number of ether oxygens (including phenoxy) is 2. The molecule has 2 aromatic rings. The van der Waals surface area contributed by atoms with Crippen LogP contribution in [-0.4, -0.2) is 58.8 Å². The van der Waals surface area contributed by atoms with Crippen LogP contribution in [0.25, 0.3) is 0 Å². The molecule has 7 heteroatoms. The molecule has 2 aromatic carbocycles. The Morgan fingerprint density at radius 1 is 1.15 bits per heavy atom. The molecule has 1 aliphatic heterocycles. The van der Waals surface area contributed by atoms with Gasteiger partial charge in [0, 0.05) is 38.2 Å². The lowest BCUT2D eigenvalue weighted by molar-refractivity contribution is -0.0265. The molecule has 1 fully saturated rings. The van der Waals surface area contributed by atoms with Crippen molar-refractivity contribution in [2.24, 2.45) is 10.9 Å². The van der Waals surface area contributed by atoms with Crippen LogP contribution in [0.3, 0.4) is 0 Å². The molecule has 182 valence electrons. The summed E-state index contributed by atoms with van der Waals surface area (Å²) >= 11 is 0. The van der Waals surface area contributed by atoms with Gasteiger partial charge in [0.1, 0.15) is 5.75 Å². The summed E-state index contributed by atoms with van der Waals surface area (Å²) < 4.78 is 11.8. The quantitative estimate of drug-likeness (QED) is 0.279. The summed E-state index contributed by atoms with van der Waals surface area (Å²) in [7, 11) is 7.70. The number of halogens is 1. The molecule has 6 nitrogen and oxygen atoms in total. The van der Waals surface area contributed by atoms with E-state index in [1.165, 1.54) is 11.1 Å². The van der Waals surface area contributed by atoms with Gasteiger partial charge in [0.15, 0.2) is 5.96 Å². The maximum atomic E-state index is 6.17. The summed E-state index contributed by atoms with van der Waals surface area (Å²) in [5, 5.41) is 7.04. The first-order valence-electron chi connectivity index (χ1n) is 11.5. The molecular formula is C26H39IN4O2. The van der Waals surface area contributed by atoms with E-state index in [0.29, 0.717) is 5.92 Å². The average Bonchev–Trinajstić information content (AvgIpc) is 2.82. The van der Waals surface area contributed by atoms with Crippen molar-refractivity contribution in [1.29, 1.82) is 0 Å². The average molecular weight is 567 g/mol. The fourth-order valence-corrected chi connectivity index (χ4v) is 4.33. The van der Waals surface area contributed by atoms with E-state index < -0.39 is 0 Å². The summed E-state index contributed by atoms with van der Waals surface area (Å²) in [6.45, 7) is 4.48. The molecule has 3 rings (SSSR count). The normalized spacial score (nSPS) is 19.5. The largest absolute Gasteiger partial charge is 0.496 e. The SMILES string of the molecule is CN=C(NCC1CCCOC1c1ccc(C)cc1)NCC(c1ccccc1OC)N(C)C.I. The van der Waals surface area contributed by atoms with Crippen LogP contribution in [0.1, 0.15) is 41.7 Å². The molecule has 0 radical (unpaired) electrons. The minimum absolute atomic E-state index is 0. The van der Waals surface area contributed by atoms with E-state index >= 15 is 0 Å². The van der Waals surface area contributed by atoms with Crippen molar-refractivity contribution in [3.05, 3.63) is 65.2 Å². The molecule has 3 unspecified atom stereocenters. The smallest absolute Gasteiger partial charge is 0.191 e. The van der Waals surface area contributed by atoms with Gasteiger partial charge in [-0.15, -0.1) is 24.0 Å². The van der Waals surface area contributed by atoms with Crippen LogP contribution in [0.5, 0.6) is 5.75 Å². The zero-order chi connectivity index (χ0) is 22.9. The van der Waals surface area contributed by atoms with E-state index in [-0.39, 0.29) is 36.1 Å². The van der Waals surface area contributed by atoms with Crippen LogP contribution < -0.4 is 15.4 Å². The summed E-state index contributed by atoms with van der Waals surface area (Å²) in [4.78, 5) is 6.65. The van der Waals surface area contributed by atoms with E-state index in [4.69, 9.17) is 9.47 Å². The number of nitrogens with zero attached hydrogens (tertiary/aromatic N) is 2. The first-order chi connectivity index (χ1) is 15.5. The number of hydrogen-bond donors (Lipinski definition) is 2. The maximum Gasteiger partial charge on any atom is 0.191 e. The van der Waals surface area contributed by atoms with Gasteiger partial charge in [0.05, 0.1) is 19.3 Å². The number of aliphatic imine (C=N–C) groups is 1. The zero-order valence-electron chi connectivity index (χ0n) is 20.5. The monoisotopic (exact) mass is 566 g/mol. The summed E-state index contributed by atoms with van der Waals surface area (Å²) in [6, 6.07) is 17.0. The number of aryl methyl sites for hydroxylation is 1. The topological polar surface area (TPSA) is 58.1 Å². The second kappa shape index (κ2) is 13.8. The highest BCUT2D eigenvalue weighted by atomic mass is 127. The molecule has 0 saturated carbocycles. The highest BCUT2D eigenvalue weighted by Crippen LogP contribution is 2.33. The standard InChI is InChI=1S/C26H38N4O2.HI/c1-19-12-14-20(15-13-19)25-21(9-8-16-32-25)17-28-26(27-2)29-18-23(30(3)4)22-10-6-7-11-24(22)31-5;/h6-7,10-15,21,23,25H,8-9,16-18H2,1-5H3,(H2,27,28,29);1H. The number of guanidine groups is 1. The van der Waals surface area contributed by atoms with E-state index in [1.807, 2.05) is 19.2 Å². The number of benzene rings is 2. The number of nitrogens with one attached hydrogen (secondary N) is 2. The third-order valence-corrected chi connectivity index (χ3v) is 6.19. The van der Waals surface area contributed by atoms with Crippen molar-refractivity contribution in [2.75, 3.05) is 47.9 Å². The Morgan fingerprint density at radius 3 is 2.55 bits per heavy atom. The Balaban J connectivity index is 0.00000385. The summed E-state index contributed by atoms with van der Waals surface area (Å²) in [6.07, 6.45) is 2.36. The number of methoxy groups -OCH3 is 1. The Morgan fingerprint density at radius 2 is 1.88 bits per heavy atom. The summed E-state index contributed by atoms with van der Waals surface area (Å²) in [5.41, 5.74) is 3.69. The van der Waals surface area contributed by atoms with Crippen LogP contribution >= 0.6 is 24.0 Å². The number of rotatable bonds is 8. The van der Waals surface area contributed by atoms with E-state index in [9.17, 15) is 0 Å². The molecule has 1 heterocycles. The van der Waals surface area contributed by atoms with Gasteiger partial charge in [0.2, 0.25) is 0 Å². The van der Waals surface area contributed by atoms with Gasteiger partial charge in [-0.2, -0.15) is 0 Å².